The van der Waals surface area contributed by atoms with Crippen molar-refractivity contribution in [2.24, 2.45) is 0 Å². The van der Waals surface area contributed by atoms with Crippen LogP contribution < -0.4 is 4.74 Å². The Balaban J connectivity index is 2.18. The molecule has 1 aromatic carbocycles. The highest BCUT2D eigenvalue weighted by Gasteiger charge is 2.38. The molecular weight excluding hydrogens is 314 g/mol. The van der Waals surface area contributed by atoms with Gasteiger partial charge in [-0.1, -0.05) is 28.1 Å². The third-order valence-electron chi connectivity index (χ3n) is 3.36. The number of hydrogen-bond donors (Lipinski definition) is 0. The lowest BCUT2D eigenvalue weighted by Gasteiger charge is -2.21. The van der Waals surface area contributed by atoms with Gasteiger partial charge in [-0.15, -0.1) is 11.6 Å². The fraction of sp³-hybridized carbons (Fsp3) is 0.357. The lowest BCUT2D eigenvalue weighted by molar-refractivity contribution is 0.225. The van der Waals surface area contributed by atoms with Crippen LogP contribution in [-0.4, -0.2) is 14.9 Å². The Hall–Kier alpha value is -0.800. The van der Waals surface area contributed by atoms with Crippen molar-refractivity contribution in [2.45, 2.75) is 30.2 Å². The van der Waals surface area contributed by atoms with Crippen molar-refractivity contribution < 1.29 is 4.74 Å². The van der Waals surface area contributed by atoms with Gasteiger partial charge >= 0.3 is 0 Å². The minimum Gasteiger partial charge on any atom is -0.486 e. The van der Waals surface area contributed by atoms with Crippen LogP contribution in [0, 0.1) is 6.92 Å². The van der Waals surface area contributed by atoms with Gasteiger partial charge in [0, 0.05) is 23.1 Å². The Bertz CT molecular complexity index is 621. The number of rotatable bonds is 1. The Morgan fingerprint density at radius 1 is 1.44 bits per heavy atom. The van der Waals surface area contributed by atoms with Crippen LogP contribution >= 0.6 is 27.5 Å². The molecule has 0 amide bonds. The Labute approximate surface area is 119 Å². The molecule has 3 rings (SSSR count). The minimum absolute atomic E-state index is 0.0690. The average molecular weight is 327 g/mol. The lowest BCUT2D eigenvalue weighted by Crippen LogP contribution is -2.31. The van der Waals surface area contributed by atoms with Crippen molar-refractivity contribution in [3.63, 3.8) is 0 Å². The molecule has 0 unspecified atom stereocenters. The van der Waals surface area contributed by atoms with E-state index in [4.69, 9.17) is 16.3 Å². The van der Waals surface area contributed by atoms with Gasteiger partial charge in [-0.3, -0.25) is 4.98 Å². The third kappa shape index (κ3) is 1.90. The number of nitrogens with zero attached hydrogens (tertiary/aromatic N) is 1. The van der Waals surface area contributed by atoms with Crippen LogP contribution in [0.2, 0.25) is 0 Å². The van der Waals surface area contributed by atoms with E-state index in [0.717, 1.165) is 28.8 Å². The van der Waals surface area contributed by atoms with E-state index < -0.39 is 3.78 Å². The number of fused-ring (bicyclic) bond motifs is 3. The van der Waals surface area contributed by atoms with E-state index in [1.165, 1.54) is 5.56 Å². The summed E-state index contributed by atoms with van der Waals surface area (Å²) in [6.45, 7) is 3.94. The predicted octanol–water partition coefficient (Wildman–Crippen LogP) is 4.20. The summed E-state index contributed by atoms with van der Waals surface area (Å²) in [5, 5.41) is 1.06. The molecule has 1 aromatic heterocycles. The van der Waals surface area contributed by atoms with Crippen LogP contribution in [-0.2, 0) is 6.42 Å². The van der Waals surface area contributed by atoms with Gasteiger partial charge in [-0.25, -0.2) is 0 Å². The maximum Gasteiger partial charge on any atom is 0.134 e. The van der Waals surface area contributed by atoms with Crippen LogP contribution in [0.25, 0.3) is 10.9 Å². The average Bonchev–Trinajstić information content (AvgIpc) is 2.74. The standard InChI is InChI=1S/C14H13BrClNO/c1-8-10-7-12(14(2,15)16)18-13(10)9-5-3-4-6-11(9)17-8/h3-6,12H,7H2,1-2H3/t12-,14+/m0/s1. The molecule has 0 bridgehead atoms. The lowest BCUT2D eigenvalue weighted by atomic mass is 10.0. The van der Waals surface area contributed by atoms with E-state index in [9.17, 15) is 0 Å². The number of benzene rings is 1. The minimum atomic E-state index is -0.556. The van der Waals surface area contributed by atoms with E-state index in [1.54, 1.807) is 0 Å². The van der Waals surface area contributed by atoms with E-state index in [1.807, 2.05) is 38.1 Å². The van der Waals surface area contributed by atoms with Crippen LogP contribution in [0.5, 0.6) is 5.75 Å². The maximum absolute atomic E-state index is 6.30. The van der Waals surface area contributed by atoms with Gasteiger partial charge < -0.3 is 4.74 Å². The number of pyridine rings is 1. The first-order chi connectivity index (χ1) is 8.47. The molecule has 1 aliphatic rings. The van der Waals surface area contributed by atoms with Gasteiger partial charge in [-0.05, 0) is 26.0 Å². The molecule has 4 heteroatoms. The fourth-order valence-electron chi connectivity index (χ4n) is 2.37. The second kappa shape index (κ2) is 4.10. The summed E-state index contributed by atoms with van der Waals surface area (Å²) in [5.41, 5.74) is 3.17. The Kier molecular flexibility index (Phi) is 2.79. The molecule has 0 radical (unpaired) electrons. The molecule has 2 nitrogen and oxygen atoms in total. The summed E-state index contributed by atoms with van der Waals surface area (Å²) < 4.78 is 5.49. The summed E-state index contributed by atoms with van der Waals surface area (Å²) >= 11 is 9.78. The number of aromatic nitrogens is 1. The molecule has 2 aromatic rings. The Morgan fingerprint density at radius 2 is 2.17 bits per heavy atom. The molecule has 2 heterocycles. The monoisotopic (exact) mass is 325 g/mol. The highest BCUT2D eigenvalue weighted by molar-refractivity contribution is 9.10. The zero-order valence-corrected chi connectivity index (χ0v) is 12.5. The van der Waals surface area contributed by atoms with E-state index in [2.05, 4.69) is 20.9 Å². The first kappa shape index (κ1) is 12.2. The van der Waals surface area contributed by atoms with Crippen LogP contribution in [0.15, 0.2) is 24.3 Å². The molecule has 2 atom stereocenters. The number of alkyl halides is 2. The summed E-state index contributed by atoms with van der Waals surface area (Å²) in [5.74, 6) is 0.939. The highest BCUT2D eigenvalue weighted by Crippen LogP contribution is 2.43. The van der Waals surface area contributed by atoms with Crippen molar-refractivity contribution in [1.82, 2.24) is 4.98 Å². The smallest absolute Gasteiger partial charge is 0.134 e. The van der Waals surface area contributed by atoms with Crippen molar-refractivity contribution in [3.8, 4) is 5.75 Å². The van der Waals surface area contributed by atoms with Crippen molar-refractivity contribution in [2.75, 3.05) is 0 Å². The van der Waals surface area contributed by atoms with Crippen molar-refractivity contribution in [3.05, 3.63) is 35.5 Å². The molecule has 0 saturated heterocycles. The fourth-order valence-corrected chi connectivity index (χ4v) is 2.74. The van der Waals surface area contributed by atoms with E-state index >= 15 is 0 Å². The molecular formula is C14H13BrClNO. The zero-order chi connectivity index (χ0) is 12.9. The van der Waals surface area contributed by atoms with Crippen LogP contribution in [0.3, 0.4) is 0 Å². The van der Waals surface area contributed by atoms with Crippen molar-refractivity contribution >= 4 is 38.4 Å². The van der Waals surface area contributed by atoms with Gasteiger partial charge in [0.1, 0.15) is 15.6 Å². The number of para-hydroxylation sites is 1. The number of aryl methyl sites for hydroxylation is 1. The Morgan fingerprint density at radius 3 is 2.89 bits per heavy atom. The summed E-state index contributed by atoms with van der Waals surface area (Å²) in [6.07, 6.45) is 0.727. The third-order valence-corrected chi connectivity index (χ3v) is 4.12. The molecule has 0 saturated carbocycles. The SMILES string of the molecule is Cc1nc2ccccc2c2c1C[C@@H]([C@@](C)(Cl)Br)O2. The first-order valence-corrected chi connectivity index (χ1v) is 7.06. The molecule has 0 fully saturated rings. The zero-order valence-electron chi connectivity index (χ0n) is 10.2. The maximum atomic E-state index is 6.30. The number of halogens is 2. The van der Waals surface area contributed by atoms with Crippen molar-refractivity contribution in [1.29, 1.82) is 0 Å². The normalized spacial score (nSPS) is 21.4. The second-order valence-electron chi connectivity index (χ2n) is 4.79. The summed E-state index contributed by atoms with van der Waals surface area (Å²) in [7, 11) is 0. The van der Waals surface area contributed by atoms with Crippen LogP contribution in [0.4, 0.5) is 0 Å². The second-order valence-corrected chi connectivity index (χ2v) is 7.68. The quantitative estimate of drug-likeness (QED) is 0.733. The van der Waals surface area contributed by atoms with Gasteiger partial charge in [0.2, 0.25) is 0 Å². The first-order valence-electron chi connectivity index (χ1n) is 5.89. The predicted molar refractivity (Wildman–Crippen MR) is 77.8 cm³/mol. The van der Waals surface area contributed by atoms with Gasteiger partial charge in [0.25, 0.3) is 0 Å². The summed E-state index contributed by atoms with van der Waals surface area (Å²) in [4.78, 5) is 4.63. The van der Waals surface area contributed by atoms with E-state index in [0.29, 0.717) is 0 Å². The molecule has 0 aliphatic carbocycles. The molecule has 18 heavy (non-hydrogen) atoms. The highest BCUT2D eigenvalue weighted by atomic mass is 79.9. The summed E-state index contributed by atoms with van der Waals surface area (Å²) in [6, 6.07) is 8.05. The van der Waals surface area contributed by atoms with Gasteiger partial charge in [0.15, 0.2) is 0 Å². The molecule has 1 aliphatic heterocycles. The molecule has 0 N–H and O–H groups in total. The largest absolute Gasteiger partial charge is 0.486 e. The van der Waals surface area contributed by atoms with Gasteiger partial charge in [-0.2, -0.15) is 0 Å². The number of ether oxygens (including phenoxy) is 1. The number of hydrogen-bond acceptors (Lipinski definition) is 2. The topological polar surface area (TPSA) is 22.1 Å². The van der Waals surface area contributed by atoms with Crippen LogP contribution in [0.1, 0.15) is 18.2 Å². The molecule has 94 valence electrons. The van der Waals surface area contributed by atoms with E-state index in [-0.39, 0.29) is 6.10 Å². The molecule has 0 spiro atoms. The van der Waals surface area contributed by atoms with Gasteiger partial charge in [0.05, 0.1) is 5.52 Å².